The molecular weight excluding hydrogens is 248 g/mol. The van der Waals surface area contributed by atoms with Crippen molar-refractivity contribution in [3.63, 3.8) is 0 Å². The number of ether oxygens (including phenoxy) is 2. The molecule has 0 bridgehead atoms. The molecule has 20 heavy (non-hydrogen) atoms. The maximum absolute atomic E-state index is 5.89. The summed E-state index contributed by atoms with van der Waals surface area (Å²) in [7, 11) is 0. The van der Waals surface area contributed by atoms with Crippen LogP contribution in [-0.4, -0.2) is 19.0 Å². The second kappa shape index (κ2) is 7.61. The summed E-state index contributed by atoms with van der Waals surface area (Å²) in [5, 5.41) is 0. The maximum Gasteiger partial charge on any atom is 0.192 e. The van der Waals surface area contributed by atoms with Crippen molar-refractivity contribution in [2.24, 2.45) is 0 Å². The summed E-state index contributed by atoms with van der Waals surface area (Å²) < 4.78 is 11.3. The van der Waals surface area contributed by atoms with Gasteiger partial charge in [-0.1, -0.05) is 50.3 Å². The highest BCUT2D eigenvalue weighted by Crippen LogP contribution is 2.34. The second-order valence-electron chi connectivity index (χ2n) is 5.56. The van der Waals surface area contributed by atoms with E-state index < -0.39 is 0 Å². The third kappa shape index (κ3) is 4.77. The van der Waals surface area contributed by atoms with E-state index in [0.717, 1.165) is 38.9 Å². The largest absolute Gasteiger partial charge is 0.348 e. The van der Waals surface area contributed by atoms with Crippen LogP contribution in [0.25, 0.3) is 6.08 Å². The van der Waals surface area contributed by atoms with Crippen molar-refractivity contribution in [3.8, 4) is 0 Å². The molecule has 2 heteroatoms. The lowest BCUT2D eigenvalue weighted by Crippen LogP contribution is -2.17. The number of benzene rings is 1. The quantitative estimate of drug-likeness (QED) is 0.460. The Balaban J connectivity index is 1.60. The fraction of sp³-hybridized carbons (Fsp3) is 0.556. The Kier molecular flexibility index (Phi) is 5.81. The predicted octanol–water partition coefficient (Wildman–Crippen LogP) is 4.59. The number of hydrogen-bond donors (Lipinski definition) is 0. The van der Waals surface area contributed by atoms with Gasteiger partial charge >= 0.3 is 0 Å². The molecule has 2 rings (SSSR count). The van der Waals surface area contributed by atoms with E-state index in [1.54, 1.807) is 0 Å². The minimum Gasteiger partial charge on any atom is -0.348 e. The average Bonchev–Trinajstić information content (AvgIpc) is 3.25. The Bertz CT molecular complexity index is 421. The number of rotatable bonds is 10. The van der Waals surface area contributed by atoms with Crippen LogP contribution in [0.1, 0.15) is 50.2 Å². The highest BCUT2D eigenvalue weighted by Gasteiger charge is 2.45. The van der Waals surface area contributed by atoms with Crippen LogP contribution in [0.3, 0.4) is 0 Å². The van der Waals surface area contributed by atoms with Crippen molar-refractivity contribution in [1.29, 1.82) is 0 Å². The number of aryl methyl sites for hydroxylation is 1. The summed E-state index contributed by atoms with van der Waals surface area (Å²) in [6.07, 6.45) is 8.69. The third-order valence-electron chi connectivity index (χ3n) is 3.79. The Morgan fingerprint density at radius 1 is 1.35 bits per heavy atom. The van der Waals surface area contributed by atoms with E-state index >= 15 is 0 Å². The summed E-state index contributed by atoms with van der Waals surface area (Å²) in [5.74, 6) is -0.210. The van der Waals surface area contributed by atoms with E-state index in [-0.39, 0.29) is 5.79 Å². The van der Waals surface area contributed by atoms with Crippen LogP contribution in [0.15, 0.2) is 30.8 Å². The van der Waals surface area contributed by atoms with Crippen LogP contribution >= 0.6 is 0 Å². The first kappa shape index (κ1) is 15.3. The van der Waals surface area contributed by atoms with E-state index in [2.05, 4.69) is 37.8 Å². The molecule has 1 aliphatic heterocycles. The summed E-state index contributed by atoms with van der Waals surface area (Å²) in [4.78, 5) is 0. The van der Waals surface area contributed by atoms with Crippen LogP contribution in [0, 0.1) is 0 Å². The number of epoxide rings is 1. The molecule has 1 aromatic rings. The Morgan fingerprint density at radius 2 is 2.20 bits per heavy atom. The van der Waals surface area contributed by atoms with Gasteiger partial charge in [-0.05, 0) is 36.8 Å². The van der Waals surface area contributed by atoms with E-state index in [1.807, 2.05) is 6.08 Å². The molecule has 1 saturated heterocycles. The van der Waals surface area contributed by atoms with E-state index in [0.29, 0.717) is 0 Å². The molecule has 110 valence electrons. The molecule has 0 saturated carbocycles. The molecule has 0 N–H and O–H groups in total. The van der Waals surface area contributed by atoms with Crippen molar-refractivity contribution >= 4 is 6.08 Å². The zero-order valence-electron chi connectivity index (χ0n) is 12.6. The molecule has 1 aromatic carbocycles. The monoisotopic (exact) mass is 274 g/mol. The smallest absolute Gasteiger partial charge is 0.192 e. The van der Waals surface area contributed by atoms with Crippen LogP contribution < -0.4 is 0 Å². The van der Waals surface area contributed by atoms with Crippen molar-refractivity contribution < 1.29 is 9.47 Å². The fourth-order valence-corrected chi connectivity index (χ4v) is 2.39. The van der Waals surface area contributed by atoms with Crippen LogP contribution in [0.2, 0.25) is 0 Å². The standard InChI is InChI=1S/C18H26O2/c1-3-5-12-18(15-20-18)19-13-7-6-9-17-11-8-10-16(4-2)14-17/h4,8,10-11,14H,2-3,5-7,9,12-13,15H2,1H3. The molecule has 1 fully saturated rings. The Hall–Kier alpha value is -1.12. The van der Waals surface area contributed by atoms with Crippen molar-refractivity contribution in [2.45, 2.75) is 51.2 Å². The first-order valence-electron chi connectivity index (χ1n) is 7.77. The fourth-order valence-electron chi connectivity index (χ4n) is 2.39. The van der Waals surface area contributed by atoms with E-state index in [4.69, 9.17) is 9.47 Å². The number of unbranched alkanes of at least 4 members (excludes halogenated alkanes) is 2. The van der Waals surface area contributed by atoms with Gasteiger partial charge in [-0.15, -0.1) is 0 Å². The molecule has 0 aliphatic carbocycles. The minimum atomic E-state index is -0.210. The summed E-state index contributed by atoms with van der Waals surface area (Å²) >= 11 is 0. The highest BCUT2D eigenvalue weighted by molar-refractivity contribution is 5.47. The molecule has 0 amide bonds. The number of hydrogen-bond acceptors (Lipinski definition) is 2. The molecular formula is C18H26O2. The molecule has 0 spiro atoms. The average molecular weight is 274 g/mol. The van der Waals surface area contributed by atoms with Crippen molar-refractivity contribution in [3.05, 3.63) is 42.0 Å². The Labute approximate surface area is 122 Å². The minimum absolute atomic E-state index is 0.210. The van der Waals surface area contributed by atoms with Gasteiger partial charge in [0.05, 0.1) is 6.61 Å². The van der Waals surface area contributed by atoms with Crippen LogP contribution in [0.4, 0.5) is 0 Å². The van der Waals surface area contributed by atoms with Crippen LogP contribution in [-0.2, 0) is 15.9 Å². The van der Waals surface area contributed by atoms with Crippen molar-refractivity contribution in [2.75, 3.05) is 13.2 Å². The lowest BCUT2D eigenvalue weighted by molar-refractivity contribution is -0.0510. The first-order valence-corrected chi connectivity index (χ1v) is 7.77. The van der Waals surface area contributed by atoms with Gasteiger partial charge in [0, 0.05) is 6.42 Å². The van der Waals surface area contributed by atoms with Gasteiger partial charge in [-0.2, -0.15) is 0 Å². The molecule has 2 nitrogen and oxygen atoms in total. The molecule has 1 aliphatic rings. The predicted molar refractivity (Wildman–Crippen MR) is 83.6 cm³/mol. The van der Waals surface area contributed by atoms with Gasteiger partial charge in [-0.25, -0.2) is 0 Å². The van der Waals surface area contributed by atoms with Crippen LogP contribution in [0.5, 0.6) is 0 Å². The molecule has 0 radical (unpaired) electrons. The molecule has 0 aromatic heterocycles. The lowest BCUT2D eigenvalue weighted by Gasteiger charge is -2.12. The first-order chi connectivity index (χ1) is 9.78. The van der Waals surface area contributed by atoms with Gasteiger partial charge in [0.15, 0.2) is 5.79 Å². The second-order valence-corrected chi connectivity index (χ2v) is 5.56. The van der Waals surface area contributed by atoms with Crippen molar-refractivity contribution in [1.82, 2.24) is 0 Å². The lowest BCUT2D eigenvalue weighted by atomic mass is 10.1. The van der Waals surface area contributed by atoms with Gasteiger partial charge in [0.2, 0.25) is 0 Å². The molecule has 1 unspecified atom stereocenters. The van der Waals surface area contributed by atoms with Gasteiger partial charge in [0.25, 0.3) is 0 Å². The highest BCUT2D eigenvalue weighted by atomic mass is 16.8. The summed E-state index contributed by atoms with van der Waals surface area (Å²) in [6.45, 7) is 7.60. The Morgan fingerprint density at radius 3 is 2.90 bits per heavy atom. The maximum atomic E-state index is 5.89. The zero-order chi connectivity index (χ0) is 14.3. The zero-order valence-corrected chi connectivity index (χ0v) is 12.6. The summed E-state index contributed by atoms with van der Waals surface area (Å²) in [6, 6.07) is 8.57. The molecule has 1 atom stereocenters. The SMILES string of the molecule is C=Cc1cccc(CCCCOC2(CCCC)CO2)c1. The third-order valence-corrected chi connectivity index (χ3v) is 3.79. The topological polar surface area (TPSA) is 21.8 Å². The van der Waals surface area contributed by atoms with E-state index in [9.17, 15) is 0 Å². The summed E-state index contributed by atoms with van der Waals surface area (Å²) in [5.41, 5.74) is 2.58. The van der Waals surface area contributed by atoms with Gasteiger partial charge < -0.3 is 9.47 Å². The normalized spacial score (nSPS) is 20.9. The molecule has 1 heterocycles. The van der Waals surface area contributed by atoms with Gasteiger partial charge in [0.1, 0.15) is 6.61 Å². The van der Waals surface area contributed by atoms with Gasteiger partial charge in [-0.3, -0.25) is 0 Å². The van der Waals surface area contributed by atoms with E-state index in [1.165, 1.54) is 24.0 Å².